The van der Waals surface area contributed by atoms with E-state index in [0.29, 0.717) is 6.61 Å². The van der Waals surface area contributed by atoms with Gasteiger partial charge in [-0.15, -0.1) is 0 Å². The van der Waals surface area contributed by atoms with Crippen molar-refractivity contribution in [1.29, 1.82) is 0 Å². The van der Waals surface area contributed by atoms with Gasteiger partial charge in [-0.05, 0) is 30.5 Å². The highest BCUT2D eigenvalue weighted by Gasteiger charge is 2.11. The third-order valence-electron chi connectivity index (χ3n) is 2.52. The first-order valence-electron chi connectivity index (χ1n) is 5.49. The van der Waals surface area contributed by atoms with Crippen LogP contribution in [0.15, 0.2) is 18.2 Å². The Labute approximate surface area is 90.3 Å². The van der Waals surface area contributed by atoms with Gasteiger partial charge in [-0.25, -0.2) is 5.48 Å². The van der Waals surface area contributed by atoms with E-state index in [4.69, 9.17) is 9.57 Å². The largest absolute Gasteiger partial charge is 0.493 e. The maximum Gasteiger partial charge on any atom is 0.122 e. The third-order valence-corrected chi connectivity index (χ3v) is 2.52. The smallest absolute Gasteiger partial charge is 0.122 e. The van der Waals surface area contributed by atoms with Crippen molar-refractivity contribution in [2.45, 2.75) is 19.8 Å². The summed E-state index contributed by atoms with van der Waals surface area (Å²) in [5.74, 6) is 1.05. The van der Waals surface area contributed by atoms with Gasteiger partial charge >= 0.3 is 0 Å². The number of fused-ring (bicyclic) bond motifs is 1. The van der Waals surface area contributed by atoms with E-state index in [9.17, 15) is 0 Å². The second-order valence-corrected chi connectivity index (χ2v) is 3.62. The minimum absolute atomic E-state index is 0.706. The number of hydroxylamine groups is 1. The summed E-state index contributed by atoms with van der Waals surface area (Å²) >= 11 is 0. The lowest BCUT2D eigenvalue weighted by atomic mass is 10.1. The van der Waals surface area contributed by atoms with Gasteiger partial charge in [0.1, 0.15) is 5.75 Å². The molecule has 3 nitrogen and oxygen atoms in total. The van der Waals surface area contributed by atoms with E-state index in [-0.39, 0.29) is 0 Å². The van der Waals surface area contributed by atoms with Crippen LogP contribution in [0.5, 0.6) is 5.75 Å². The maximum absolute atomic E-state index is 5.46. The third kappa shape index (κ3) is 2.70. The van der Waals surface area contributed by atoms with E-state index in [0.717, 1.165) is 31.7 Å². The van der Waals surface area contributed by atoms with E-state index >= 15 is 0 Å². The van der Waals surface area contributed by atoms with Gasteiger partial charge in [-0.1, -0.05) is 12.1 Å². The fourth-order valence-corrected chi connectivity index (χ4v) is 1.77. The number of hydrogen-bond donors (Lipinski definition) is 1. The normalized spacial score (nSPS) is 13.7. The van der Waals surface area contributed by atoms with Crippen LogP contribution >= 0.6 is 0 Å². The van der Waals surface area contributed by atoms with Crippen molar-refractivity contribution in [3.05, 3.63) is 29.3 Å². The van der Waals surface area contributed by atoms with Gasteiger partial charge < -0.3 is 9.57 Å². The summed E-state index contributed by atoms with van der Waals surface area (Å²) in [4.78, 5) is 5.07. The van der Waals surface area contributed by atoms with Crippen molar-refractivity contribution in [1.82, 2.24) is 5.48 Å². The van der Waals surface area contributed by atoms with Gasteiger partial charge in [0.05, 0.1) is 13.2 Å². The lowest BCUT2D eigenvalue weighted by molar-refractivity contribution is 0.0519. The van der Waals surface area contributed by atoms with Gasteiger partial charge in [0.25, 0.3) is 0 Å². The number of rotatable bonds is 5. The topological polar surface area (TPSA) is 30.5 Å². The molecule has 0 saturated carbocycles. The molecular formula is C12H17NO2. The van der Waals surface area contributed by atoms with Crippen LogP contribution in [-0.4, -0.2) is 19.8 Å². The monoisotopic (exact) mass is 207 g/mol. The van der Waals surface area contributed by atoms with Gasteiger partial charge in [0.15, 0.2) is 0 Å². The van der Waals surface area contributed by atoms with Crippen LogP contribution in [-0.2, 0) is 17.7 Å². The Balaban J connectivity index is 1.87. The molecule has 2 rings (SSSR count). The molecule has 0 bridgehead atoms. The molecule has 1 heterocycles. The van der Waals surface area contributed by atoms with Crippen LogP contribution in [0.25, 0.3) is 0 Å². The predicted molar refractivity (Wildman–Crippen MR) is 59.0 cm³/mol. The molecule has 15 heavy (non-hydrogen) atoms. The second kappa shape index (κ2) is 5.14. The van der Waals surface area contributed by atoms with Crippen molar-refractivity contribution < 1.29 is 9.57 Å². The quantitative estimate of drug-likeness (QED) is 0.589. The lowest BCUT2D eigenvalue weighted by Gasteiger charge is -2.05. The summed E-state index contributed by atoms with van der Waals surface area (Å²) in [6, 6.07) is 6.42. The SMILES string of the molecule is CCONCCc1ccc2c(c1)CCO2. The lowest BCUT2D eigenvalue weighted by Crippen LogP contribution is -2.17. The van der Waals surface area contributed by atoms with Crippen molar-refractivity contribution in [2.24, 2.45) is 0 Å². The number of hydrogen-bond acceptors (Lipinski definition) is 3. The Morgan fingerprint density at radius 2 is 2.40 bits per heavy atom. The van der Waals surface area contributed by atoms with Crippen LogP contribution in [0.3, 0.4) is 0 Å². The molecule has 1 N–H and O–H groups in total. The first-order valence-corrected chi connectivity index (χ1v) is 5.49. The average molecular weight is 207 g/mol. The van der Waals surface area contributed by atoms with Crippen molar-refractivity contribution in [3.63, 3.8) is 0 Å². The molecule has 0 aromatic heterocycles. The molecule has 1 aliphatic rings. The van der Waals surface area contributed by atoms with Crippen LogP contribution in [0.4, 0.5) is 0 Å². The van der Waals surface area contributed by atoms with Crippen LogP contribution in [0.1, 0.15) is 18.1 Å². The zero-order valence-electron chi connectivity index (χ0n) is 9.08. The van der Waals surface area contributed by atoms with E-state index < -0.39 is 0 Å². The first kappa shape index (κ1) is 10.5. The van der Waals surface area contributed by atoms with Gasteiger partial charge in [-0.3, -0.25) is 0 Å². The van der Waals surface area contributed by atoms with Gasteiger partial charge in [0.2, 0.25) is 0 Å². The highest BCUT2D eigenvalue weighted by atomic mass is 16.6. The molecule has 0 spiro atoms. The van der Waals surface area contributed by atoms with Crippen LogP contribution in [0.2, 0.25) is 0 Å². The predicted octanol–water partition coefficient (Wildman–Crippen LogP) is 1.71. The van der Waals surface area contributed by atoms with E-state index in [1.165, 1.54) is 11.1 Å². The highest BCUT2D eigenvalue weighted by molar-refractivity contribution is 5.39. The summed E-state index contributed by atoms with van der Waals surface area (Å²) in [6.45, 7) is 4.36. The molecule has 0 radical (unpaired) electrons. The number of benzene rings is 1. The average Bonchev–Trinajstić information content (AvgIpc) is 2.71. The Bertz CT molecular complexity index is 325. The molecule has 1 aromatic rings. The van der Waals surface area contributed by atoms with Crippen molar-refractivity contribution in [3.8, 4) is 5.75 Å². The molecule has 1 aromatic carbocycles. The van der Waals surface area contributed by atoms with Crippen LogP contribution < -0.4 is 10.2 Å². The molecule has 0 unspecified atom stereocenters. The van der Waals surface area contributed by atoms with Crippen molar-refractivity contribution in [2.75, 3.05) is 19.8 Å². The van der Waals surface area contributed by atoms with Gasteiger partial charge in [-0.2, -0.15) is 0 Å². The second-order valence-electron chi connectivity index (χ2n) is 3.62. The highest BCUT2D eigenvalue weighted by Crippen LogP contribution is 2.25. The summed E-state index contributed by atoms with van der Waals surface area (Å²) in [6.07, 6.45) is 2.04. The van der Waals surface area contributed by atoms with E-state index in [1.54, 1.807) is 0 Å². The fourth-order valence-electron chi connectivity index (χ4n) is 1.77. The molecule has 3 heteroatoms. The fraction of sp³-hybridized carbons (Fsp3) is 0.500. The first-order chi connectivity index (χ1) is 7.40. The minimum atomic E-state index is 0.706. The molecule has 0 amide bonds. The zero-order chi connectivity index (χ0) is 10.5. The number of nitrogens with one attached hydrogen (secondary N) is 1. The molecular weight excluding hydrogens is 190 g/mol. The molecule has 82 valence electrons. The Hall–Kier alpha value is -1.06. The standard InChI is InChI=1S/C12H17NO2/c1-2-15-13-7-5-10-3-4-12-11(9-10)6-8-14-12/h3-4,9,13H,2,5-8H2,1H3. The van der Waals surface area contributed by atoms with Crippen molar-refractivity contribution >= 4 is 0 Å². The van der Waals surface area contributed by atoms with E-state index in [2.05, 4.69) is 23.7 Å². The summed E-state index contributed by atoms with van der Waals surface area (Å²) in [7, 11) is 0. The molecule has 1 aliphatic heterocycles. The molecule has 0 aliphatic carbocycles. The Morgan fingerprint density at radius 3 is 3.27 bits per heavy atom. The van der Waals surface area contributed by atoms with E-state index in [1.807, 2.05) is 6.92 Å². The summed E-state index contributed by atoms with van der Waals surface area (Å²) in [5, 5.41) is 0. The molecule has 0 fully saturated rings. The Kier molecular flexibility index (Phi) is 3.59. The molecule has 0 saturated heterocycles. The maximum atomic E-state index is 5.46. The Morgan fingerprint density at radius 1 is 1.47 bits per heavy atom. The summed E-state index contributed by atoms with van der Waals surface area (Å²) in [5.41, 5.74) is 5.60. The van der Waals surface area contributed by atoms with Crippen LogP contribution in [0, 0.1) is 0 Å². The summed E-state index contributed by atoms with van der Waals surface area (Å²) < 4.78 is 5.46. The minimum Gasteiger partial charge on any atom is -0.493 e. The zero-order valence-corrected chi connectivity index (χ0v) is 9.08. The number of ether oxygens (including phenoxy) is 1. The molecule has 0 atom stereocenters. The van der Waals surface area contributed by atoms with Gasteiger partial charge in [0, 0.05) is 13.0 Å².